The lowest BCUT2D eigenvalue weighted by atomic mass is 9.99. The van der Waals surface area contributed by atoms with Crippen molar-refractivity contribution in [2.24, 2.45) is 10.7 Å². The molecule has 0 aliphatic carbocycles. The number of unbranched alkanes of at least 4 members (excludes halogenated alkanes) is 15. The molecule has 13 nitrogen and oxygen atoms in total. The highest BCUT2D eigenvalue weighted by Gasteiger charge is 2.33. The van der Waals surface area contributed by atoms with Gasteiger partial charge in [-0.25, -0.2) is 4.99 Å². The van der Waals surface area contributed by atoms with E-state index in [-0.39, 0.29) is 32.5 Å². The van der Waals surface area contributed by atoms with E-state index in [0.717, 1.165) is 29.8 Å². The second kappa shape index (κ2) is 29.0. The Bertz CT molecular complexity index is 1540. The summed E-state index contributed by atoms with van der Waals surface area (Å²) in [6, 6.07) is 13.6. The van der Waals surface area contributed by atoms with E-state index >= 15 is 0 Å². The third kappa shape index (κ3) is 18.8. The molecule has 2 aromatic rings. The van der Waals surface area contributed by atoms with Crippen LogP contribution in [0, 0.1) is 22.7 Å². The van der Waals surface area contributed by atoms with Crippen molar-refractivity contribution in [2.75, 3.05) is 45.6 Å². The maximum atomic E-state index is 10.8. The van der Waals surface area contributed by atoms with Crippen molar-refractivity contribution in [2.45, 2.75) is 161 Å². The number of hydrogen-bond donors (Lipinski definition) is 3. The molecule has 0 spiro atoms. The fourth-order valence-corrected chi connectivity index (χ4v) is 7.49. The molecule has 0 fully saturated rings. The fourth-order valence-electron chi connectivity index (χ4n) is 6.80. The zero-order valence-electron chi connectivity index (χ0n) is 35.7. The molecule has 3 rings (SSSR count). The molecule has 4 N–H and O–H groups in total. The molecule has 0 saturated heterocycles. The van der Waals surface area contributed by atoms with Crippen molar-refractivity contribution in [3.8, 4) is 17.9 Å². The predicted molar refractivity (Wildman–Crippen MR) is 230 cm³/mol. The van der Waals surface area contributed by atoms with Crippen LogP contribution in [0.2, 0.25) is 0 Å². The first-order chi connectivity index (χ1) is 28.2. The van der Waals surface area contributed by atoms with Gasteiger partial charge in [-0.05, 0) is 62.9 Å². The monoisotopic (exact) mass is 827 g/mol. The van der Waals surface area contributed by atoms with Crippen LogP contribution >= 0.6 is 8.60 Å². The number of nitriles is 2. The molecule has 14 heteroatoms. The summed E-state index contributed by atoms with van der Waals surface area (Å²) in [4.78, 5) is 15.0. The number of hydrogen-bond acceptors (Lipinski definition) is 12. The van der Waals surface area contributed by atoms with Gasteiger partial charge in [0.1, 0.15) is 42.2 Å². The van der Waals surface area contributed by atoms with Gasteiger partial charge in [0.2, 0.25) is 0 Å². The molecule has 3 unspecified atom stereocenters. The van der Waals surface area contributed by atoms with E-state index in [1.807, 2.05) is 42.8 Å². The molecule has 0 bridgehead atoms. The third-order valence-electron chi connectivity index (χ3n) is 10.3. The van der Waals surface area contributed by atoms with Crippen LogP contribution in [0.5, 0.6) is 5.75 Å². The summed E-state index contributed by atoms with van der Waals surface area (Å²) < 4.78 is 37.0. The molecule has 1 aromatic carbocycles. The molecular weight excluding hydrogens is 755 g/mol. The number of rotatable bonds is 34. The maximum Gasteiger partial charge on any atom is 0.330 e. The number of fused-ring (bicyclic) bond motifs is 1. The number of methoxy groups -OCH3 is 1. The van der Waals surface area contributed by atoms with Crippen molar-refractivity contribution in [3.63, 3.8) is 0 Å². The predicted octanol–water partition coefficient (Wildman–Crippen LogP) is 9.32. The first-order valence-electron chi connectivity index (χ1n) is 21.6. The van der Waals surface area contributed by atoms with Gasteiger partial charge in [0.15, 0.2) is 5.60 Å². The summed E-state index contributed by atoms with van der Waals surface area (Å²) >= 11 is 0. The van der Waals surface area contributed by atoms with Gasteiger partial charge in [0.05, 0.1) is 38.1 Å². The molecule has 1 aliphatic heterocycles. The van der Waals surface area contributed by atoms with Crippen LogP contribution in [-0.4, -0.2) is 73.4 Å². The first-order valence-corrected chi connectivity index (χ1v) is 22.7. The highest BCUT2D eigenvalue weighted by atomic mass is 31.2. The number of benzene rings is 1. The lowest BCUT2D eigenvalue weighted by molar-refractivity contribution is -0.0510. The Labute approximate surface area is 349 Å². The number of nitrogens with two attached hydrogens (primary N) is 1. The van der Waals surface area contributed by atoms with Crippen molar-refractivity contribution >= 4 is 14.4 Å². The van der Waals surface area contributed by atoms with Crippen molar-refractivity contribution in [1.29, 1.82) is 10.5 Å². The standard InChI is InChI=1S/C44H71N6O7P/c1-5-6-7-8-9-10-11-12-13-14-15-16-17-18-19-20-27-53-31-40(54-30-37-21-22-38(29-45)42(28-37)57-36(2)3)32-55-58(51)56-34-44(33-46,52-4)26-25-39-23-24-41-43(47)48-35-49-50(39)41/h21-24,28,36,40,49,51H,5-20,25-27,30-32,34-35H2,1-4H3,(H2,47,48). The van der Waals surface area contributed by atoms with Gasteiger partial charge in [-0.1, -0.05) is 109 Å². The number of nitrogens with zero attached hydrogens (tertiary/aromatic N) is 4. The third-order valence-corrected chi connectivity index (χ3v) is 11.0. The van der Waals surface area contributed by atoms with E-state index in [2.05, 4.69) is 29.5 Å². The topological polar surface area (TPSA) is 179 Å². The zero-order valence-corrected chi connectivity index (χ0v) is 36.6. The molecule has 0 radical (unpaired) electrons. The van der Waals surface area contributed by atoms with Crippen molar-refractivity contribution in [3.05, 3.63) is 52.8 Å². The lowest BCUT2D eigenvalue weighted by Gasteiger charge is -2.26. The largest absolute Gasteiger partial charge is 0.490 e. The quantitative estimate of drug-likeness (QED) is 0.0452. The SMILES string of the molecule is CCCCCCCCCCCCCCCCCCOCC(COP(O)OCC(C#N)(CCc1ccc2n1NCN=C2N)OC)OCc1ccc(C#N)c(OC(C)C)c1. The maximum absolute atomic E-state index is 10.8. The highest BCUT2D eigenvalue weighted by Crippen LogP contribution is 2.36. The Balaban J connectivity index is 1.41. The summed E-state index contributed by atoms with van der Waals surface area (Å²) in [5, 5.41) is 19.6. The van der Waals surface area contributed by atoms with Crippen LogP contribution in [0.15, 0.2) is 35.3 Å². The number of aromatic nitrogens is 1. The average molecular weight is 827 g/mol. The van der Waals surface area contributed by atoms with Gasteiger partial charge in [-0.3, -0.25) is 4.68 Å². The van der Waals surface area contributed by atoms with Crippen LogP contribution < -0.4 is 15.9 Å². The second-order valence-electron chi connectivity index (χ2n) is 15.4. The molecule has 1 aliphatic rings. The number of amidine groups is 1. The Morgan fingerprint density at radius 3 is 2.17 bits per heavy atom. The molecule has 58 heavy (non-hydrogen) atoms. The normalized spacial score (nSPS) is 14.5. The number of nitrogens with one attached hydrogen (secondary N) is 1. The smallest absolute Gasteiger partial charge is 0.330 e. The first kappa shape index (κ1) is 49.1. The van der Waals surface area contributed by atoms with E-state index < -0.39 is 20.3 Å². The Kier molecular flexibility index (Phi) is 24.6. The Morgan fingerprint density at radius 1 is 0.914 bits per heavy atom. The molecular formula is C44H71N6O7P. The molecule has 324 valence electrons. The molecule has 3 atom stereocenters. The van der Waals surface area contributed by atoms with Gasteiger partial charge in [-0.2, -0.15) is 10.5 Å². The number of aryl methyl sites for hydroxylation is 1. The van der Waals surface area contributed by atoms with E-state index in [1.165, 1.54) is 97.0 Å². The minimum atomic E-state index is -2.36. The Hall–Kier alpha value is -3.26. The van der Waals surface area contributed by atoms with Gasteiger partial charge in [0.25, 0.3) is 0 Å². The van der Waals surface area contributed by atoms with E-state index in [0.29, 0.717) is 43.3 Å². The second-order valence-corrected chi connectivity index (χ2v) is 16.4. The summed E-state index contributed by atoms with van der Waals surface area (Å²) in [7, 11) is -0.909. The van der Waals surface area contributed by atoms with E-state index in [1.54, 1.807) is 6.07 Å². The van der Waals surface area contributed by atoms with Crippen LogP contribution in [0.3, 0.4) is 0 Å². The number of ether oxygens (including phenoxy) is 4. The molecule has 2 heterocycles. The molecule has 0 saturated carbocycles. The van der Waals surface area contributed by atoms with Crippen LogP contribution in [0.4, 0.5) is 0 Å². The minimum absolute atomic E-state index is 0.00423. The Morgan fingerprint density at radius 2 is 1.57 bits per heavy atom. The molecule has 0 amide bonds. The van der Waals surface area contributed by atoms with Crippen molar-refractivity contribution in [1.82, 2.24) is 4.68 Å². The summed E-state index contributed by atoms with van der Waals surface area (Å²) in [6.07, 6.45) is 21.2. The van der Waals surface area contributed by atoms with Gasteiger partial charge in [0, 0.05) is 19.4 Å². The van der Waals surface area contributed by atoms with Gasteiger partial charge in [-0.15, -0.1) is 0 Å². The average Bonchev–Trinajstić information content (AvgIpc) is 3.65. The zero-order chi connectivity index (χ0) is 41.9. The van der Waals surface area contributed by atoms with Gasteiger partial charge < -0.3 is 44.0 Å². The van der Waals surface area contributed by atoms with Crippen LogP contribution in [-0.2, 0) is 36.3 Å². The van der Waals surface area contributed by atoms with Crippen LogP contribution in [0.25, 0.3) is 0 Å². The summed E-state index contributed by atoms with van der Waals surface area (Å²) in [5.41, 5.74) is 10.8. The highest BCUT2D eigenvalue weighted by molar-refractivity contribution is 7.40. The fraction of sp³-hybridized carbons (Fsp3) is 0.705. The summed E-state index contributed by atoms with van der Waals surface area (Å²) in [6.45, 7) is 7.35. The molecule has 1 aromatic heterocycles. The lowest BCUT2D eigenvalue weighted by Crippen LogP contribution is -2.36. The minimum Gasteiger partial charge on any atom is -0.490 e. The van der Waals surface area contributed by atoms with E-state index in [9.17, 15) is 15.4 Å². The van der Waals surface area contributed by atoms with Gasteiger partial charge >= 0.3 is 8.60 Å². The van der Waals surface area contributed by atoms with Crippen molar-refractivity contribution < 1.29 is 32.9 Å². The van der Waals surface area contributed by atoms with Crippen LogP contribution in [0.1, 0.15) is 152 Å². The summed E-state index contributed by atoms with van der Waals surface area (Å²) in [5.74, 6) is 0.952. The number of aliphatic imine (C=N–C) groups is 1. The van der Waals surface area contributed by atoms with E-state index in [4.69, 9.17) is 33.7 Å².